The van der Waals surface area contributed by atoms with Crippen LogP contribution in [-0.2, 0) is 6.54 Å². The van der Waals surface area contributed by atoms with E-state index in [2.05, 4.69) is 15.2 Å². The second kappa shape index (κ2) is 5.22. The Morgan fingerprint density at radius 1 is 1.14 bits per heavy atom. The van der Waals surface area contributed by atoms with Crippen molar-refractivity contribution in [2.24, 2.45) is 0 Å². The molecule has 0 bridgehead atoms. The minimum absolute atomic E-state index is 0.183. The molecule has 2 aromatic heterocycles. The number of benzene rings is 1. The van der Waals surface area contributed by atoms with Gasteiger partial charge in [-0.1, -0.05) is 35.5 Å². The lowest BCUT2D eigenvalue weighted by Crippen LogP contribution is -2.23. The van der Waals surface area contributed by atoms with Crippen molar-refractivity contribution in [2.75, 3.05) is 0 Å². The Hall–Kier alpha value is -2.76. The quantitative estimate of drug-likeness (QED) is 0.737. The predicted molar refractivity (Wildman–Crippen MR) is 79.3 cm³/mol. The standard InChI is InChI=1S/C16H14N4O2/c21-15-9-8-13(11-4-2-1-3-5-11)18-20(15)10-14-17-16(22-19-14)12-6-7-12/h1-5,8-9,12H,6-7,10H2. The molecule has 110 valence electrons. The van der Waals surface area contributed by atoms with Gasteiger partial charge in [0.2, 0.25) is 5.89 Å². The third-order valence-electron chi connectivity index (χ3n) is 3.64. The van der Waals surface area contributed by atoms with E-state index >= 15 is 0 Å². The molecule has 1 aromatic carbocycles. The van der Waals surface area contributed by atoms with Gasteiger partial charge in [0.25, 0.3) is 5.56 Å². The lowest BCUT2D eigenvalue weighted by atomic mass is 10.1. The summed E-state index contributed by atoms with van der Waals surface area (Å²) in [5.74, 6) is 1.56. The highest BCUT2D eigenvalue weighted by molar-refractivity contribution is 5.57. The van der Waals surface area contributed by atoms with Gasteiger partial charge in [0, 0.05) is 17.5 Å². The summed E-state index contributed by atoms with van der Waals surface area (Å²) in [6.07, 6.45) is 2.20. The van der Waals surface area contributed by atoms with Gasteiger partial charge < -0.3 is 4.52 Å². The van der Waals surface area contributed by atoms with Gasteiger partial charge in [0.15, 0.2) is 5.82 Å². The van der Waals surface area contributed by atoms with Crippen molar-refractivity contribution < 1.29 is 4.52 Å². The molecule has 0 spiro atoms. The Bertz CT molecular complexity index is 850. The summed E-state index contributed by atoms with van der Waals surface area (Å²) in [6.45, 7) is 0.218. The fourth-order valence-corrected chi connectivity index (χ4v) is 2.29. The monoisotopic (exact) mass is 294 g/mol. The highest BCUT2D eigenvalue weighted by Gasteiger charge is 2.29. The molecule has 1 aliphatic rings. The molecule has 0 saturated heterocycles. The molecule has 1 fully saturated rings. The van der Waals surface area contributed by atoms with Crippen LogP contribution in [0.25, 0.3) is 11.3 Å². The van der Waals surface area contributed by atoms with Gasteiger partial charge in [0.05, 0.1) is 5.69 Å². The second-order valence-corrected chi connectivity index (χ2v) is 5.40. The number of aromatic nitrogens is 4. The van der Waals surface area contributed by atoms with Crippen LogP contribution in [0, 0.1) is 0 Å². The van der Waals surface area contributed by atoms with Crippen molar-refractivity contribution in [2.45, 2.75) is 25.3 Å². The third kappa shape index (κ3) is 2.55. The Balaban J connectivity index is 1.64. The van der Waals surface area contributed by atoms with Gasteiger partial charge >= 0.3 is 0 Å². The maximum absolute atomic E-state index is 12.0. The summed E-state index contributed by atoms with van der Waals surface area (Å²) in [4.78, 5) is 16.3. The topological polar surface area (TPSA) is 73.8 Å². The second-order valence-electron chi connectivity index (χ2n) is 5.40. The molecule has 0 amide bonds. The van der Waals surface area contributed by atoms with Crippen LogP contribution in [0.4, 0.5) is 0 Å². The summed E-state index contributed by atoms with van der Waals surface area (Å²) in [5.41, 5.74) is 1.52. The van der Waals surface area contributed by atoms with Gasteiger partial charge in [-0.05, 0) is 18.9 Å². The maximum Gasteiger partial charge on any atom is 0.267 e. The van der Waals surface area contributed by atoms with Crippen LogP contribution in [-0.4, -0.2) is 19.9 Å². The average Bonchev–Trinajstić information content (AvgIpc) is 3.30. The molecule has 0 N–H and O–H groups in total. The molecule has 22 heavy (non-hydrogen) atoms. The Labute approximate surface area is 126 Å². The molecule has 1 saturated carbocycles. The van der Waals surface area contributed by atoms with Crippen molar-refractivity contribution in [1.29, 1.82) is 0 Å². The molecule has 6 nitrogen and oxygen atoms in total. The van der Waals surface area contributed by atoms with Crippen LogP contribution in [0.15, 0.2) is 51.8 Å². The zero-order chi connectivity index (χ0) is 14.9. The van der Waals surface area contributed by atoms with E-state index in [0.717, 1.165) is 24.1 Å². The van der Waals surface area contributed by atoms with Crippen LogP contribution in [0.3, 0.4) is 0 Å². The maximum atomic E-state index is 12.0. The highest BCUT2D eigenvalue weighted by Crippen LogP contribution is 2.38. The van der Waals surface area contributed by atoms with E-state index in [1.165, 1.54) is 10.7 Å². The summed E-state index contributed by atoms with van der Waals surface area (Å²) in [7, 11) is 0. The van der Waals surface area contributed by atoms with E-state index in [9.17, 15) is 4.79 Å². The normalized spacial score (nSPS) is 14.2. The summed E-state index contributed by atoms with van der Waals surface area (Å²) in [5, 5.41) is 8.32. The molecule has 0 atom stereocenters. The van der Waals surface area contributed by atoms with Gasteiger partial charge in [-0.3, -0.25) is 4.79 Å². The minimum atomic E-state index is -0.183. The van der Waals surface area contributed by atoms with Crippen LogP contribution < -0.4 is 5.56 Å². The smallest absolute Gasteiger partial charge is 0.267 e. The fraction of sp³-hybridized carbons (Fsp3) is 0.250. The van der Waals surface area contributed by atoms with E-state index in [-0.39, 0.29) is 12.1 Å². The van der Waals surface area contributed by atoms with Crippen molar-refractivity contribution in [3.8, 4) is 11.3 Å². The number of hydrogen-bond acceptors (Lipinski definition) is 5. The lowest BCUT2D eigenvalue weighted by Gasteiger charge is -2.04. The first-order valence-electron chi connectivity index (χ1n) is 7.26. The predicted octanol–water partition coefficient (Wildman–Crippen LogP) is 2.22. The van der Waals surface area contributed by atoms with Crippen LogP contribution in [0.2, 0.25) is 0 Å². The van der Waals surface area contributed by atoms with E-state index in [1.54, 1.807) is 6.07 Å². The van der Waals surface area contributed by atoms with Crippen LogP contribution in [0.1, 0.15) is 30.5 Å². The third-order valence-corrected chi connectivity index (χ3v) is 3.64. The first kappa shape index (κ1) is 12.9. The molecular formula is C16H14N4O2. The first-order valence-corrected chi connectivity index (χ1v) is 7.26. The van der Waals surface area contributed by atoms with Crippen molar-refractivity contribution in [1.82, 2.24) is 19.9 Å². The molecule has 4 rings (SSSR count). The van der Waals surface area contributed by atoms with E-state index in [4.69, 9.17) is 4.52 Å². The fourth-order valence-electron chi connectivity index (χ4n) is 2.29. The van der Waals surface area contributed by atoms with Gasteiger partial charge in [-0.2, -0.15) is 10.1 Å². The largest absolute Gasteiger partial charge is 0.339 e. The van der Waals surface area contributed by atoms with Crippen molar-refractivity contribution >= 4 is 0 Å². The Morgan fingerprint density at radius 2 is 1.95 bits per heavy atom. The molecule has 1 aliphatic carbocycles. The van der Waals surface area contributed by atoms with Gasteiger partial charge in [-0.25, -0.2) is 4.68 Å². The van der Waals surface area contributed by atoms with Crippen molar-refractivity contribution in [3.05, 3.63) is 64.5 Å². The lowest BCUT2D eigenvalue weighted by molar-refractivity contribution is 0.372. The zero-order valence-electron chi connectivity index (χ0n) is 11.8. The zero-order valence-corrected chi connectivity index (χ0v) is 11.8. The minimum Gasteiger partial charge on any atom is -0.339 e. The van der Waals surface area contributed by atoms with E-state index in [0.29, 0.717) is 17.6 Å². The SMILES string of the molecule is O=c1ccc(-c2ccccc2)nn1Cc1noc(C2CC2)n1. The Morgan fingerprint density at radius 3 is 2.73 bits per heavy atom. The Kier molecular flexibility index (Phi) is 3.07. The number of nitrogens with zero attached hydrogens (tertiary/aromatic N) is 4. The highest BCUT2D eigenvalue weighted by atomic mass is 16.5. The molecule has 2 heterocycles. The number of rotatable bonds is 4. The molecular weight excluding hydrogens is 280 g/mol. The molecule has 3 aromatic rings. The average molecular weight is 294 g/mol. The molecule has 6 heteroatoms. The van der Waals surface area contributed by atoms with E-state index in [1.807, 2.05) is 30.3 Å². The molecule has 0 aliphatic heterocycles. The summed E-state index contributed by atoms with van der Waals surface area (Å²) in [6, 6.07) is 13.0. The van der Waals surface area contributed by atoms with Gasteiger partial charge in [-0.15, -0.1) is 0 Å². The number of hydrogen-bond donors (Lipinski definition) is 0. The molecule has 0 unspecified atom stereocenters. The van der Waals surface area contributed by atoms with Crippen molar-refractivity contribution in [3.63, 3.8) is 0 Å². The van der Waals surface area contributed by atoms with Gasteiger partial charge in [0.1, 0.15) is 6.54 Å². The first-order chi connectivity index (χ1) is 10.8. The summed E-state index contributed by atoms with van der Waals surface area (Å²) < 4.78 is 6.58. The van der Waals surface area contributed by atoms with Crippen LogP contribution in [0.5, 0.6) is 0 Å². The van der Waals surface area contributed by atoms with E-state index < -0.39 is 0 Å². The molecule has 0 radical (unpaired) electrons. The van der Waals surface area contributed by atoms with Crippen LogP contribution >= 0.6 is 0 Å². The summed E-state index contributed by atoms with van der Waals surface area (Å²) >= 11 is 0.